The molecule has 5 nitrogen and oxygen atoms in total. The van der Waals surface area contributed by atoms with Crippen LogP contribution in [0.4, 0.5) is 0 Å². The lowest BCUT2D eigenvalue weighted by Crippen LogP contribution is -2.01. The van der Waals surface area contributed by atoms with Crippen molar-refractivity contribution >= 4 is 49.5 Å². The number of allylic oxidation sites excluding steroid dienone is 5. The monoisotopic (exact) mass is 595 g/mol. The Kier molecular flexibility index (Phi) is 6.65. The van der Waals surface area contributed by atoms with Crippen LogP contribution < -0.4 is 0 Å². The minimum Gasteiger partial charge on any atom is -0.456 e. The van der Waals surface area contributed by atoms with Crippen LogP contribution in [0.3, 0.4) is 0 Å². The van der Waals surface area contributed by atoms with Crippen LogP contribution in [0.5, 0.6) is 0 Å². The van der Waals surface area contributed by atoms with Crippen molar-refractivity contribution in [3.8, 4) is 34.2 Å². The van der Waals surface area contributed by atoms with Gasteiger partial charge < -0.3 is 8.83 Å². The van der Waals surface area contributed by atoms with E-state index in [2.05, 4.69) is 49.1 Å². The molecule has 8 rings (SSSR count). The number of nitrogens with zero attached hydrogens (tertiary/aromatic N) is 3. The zero-order valence-electron chi connectivity index (χ0n) is 25.5. The highest BCUT2D eigenvalue weighted by molar-refractivity contribution is 6.13. The van der Waals surface area contributed by atoms with Crippen molar-refractivity contribution in [1.82, 2.24) is 15.0 Å². The third kappa shape index (κ3) is 4.79. The third-order valence-electron chi connectivity index (χ3n) is 8.10. The zero-order valence-corrected chi connectivity index (χ0v) is 25.5. The van der Waals surface area contributed by atoms with E-state index in [1.54, 1.807) is 0 Å². The van der Waals surface area contributed by atoms with E-state index in [0.29, 0.717) is 17.5 Å². The topological polar surface area (TPSA) is 65.0 Å². The van der Waals surface area contributed by atoms with Gasteiger partial charge in [0.05, 0.1) is 0 Å². The second-order valence-electron chi connectivity index (χ2n) is 11.4. The molecule has 3 aromatic heterocycles. The molecule has 220 valence electrons. The molecule has 0 atom stereocenters. The molecular formula is C41H29N3O2. The highest BCUT2D eigenvalue weighted by atomic mass is 16.3. The normalized spacial score (nSPS) is 12.3. The van der Waals surface area contributed by atoms with E-state index in [1.165, 1.54) is 0 Å². The van der Waals surface area contributed by atoms with Crippen LogP contribution >= 0.6 is 0 Å². The molecule has 8 aromatic rings. The number of fused-ring (bicyclic) bond motifs is 6. The van der Waals surface area contributed by atoms with Gasteiger partial charge in [0.25, 0.3) is 0 Å². The summed E-state index contributed by atoms with van der Waals surface area (Å²) < 4.78 is 12.6. The average Bonchev–Trinajstić information content (AvgIpc) is 3.65. The SMILES string of the molecule is C=C(C)/C=C(\C=C/C)c1cc(-c2nc(-c3ccccc3)nc(-c3ccc4oc5ccccc5c4c3)n2)c2c(c1)oc1ccccc12. The first kappa shape index (κ1) is 27.5. The molecule has 0 radical (unpaired) electrons. The minimum absolute atomic E-state index is 0.564. The van der Waals surface area contributed by atoms with Gasteiger partial charge in [-0.1, -0.05) is 97.1 Å². The molecule has 0 aliphatic rings. The molecule has 0 aliphatic carbocycles. The van der Waals surface area contributed by atoms with Crippen molar-refractivity contribution in [3.05, 3.63) is 145 Å². The predicted molar refractivity (Wildman–Crippen MR) is 188 cm³/mol. The minimum atomic E-state index is 0.564. The molecule has 0 N–H and O–H groups in total. The van der Waals surface area contributed by atoms with Crippen molar-refractivity contribution < 1.29 is 8.83 Å². The number of rotatable bonds is 6. The van der Waals surface area contributed by atoms with Gasteiger partial charge in [-0.2, -0.15) is 0 Å². The van der Waals surface area contributed by atoms with Gasteiger partial charge in [-0.3, -0.25) is 0 Å². The Bertz CT molecular complexity index is 2520. The molecule has 0 aliphatic heterocycles. The van der Waals surface area contributed by atoms with Crippen LogP contribution in [0.2, 0.25) is 0 Å². The largest absolute Gasteiger partial charge is 0.456 e. The fourth-order valence-corrected chi connectivity index (χ4v) is 6.08. The Morgan fingerprint density at radius 3 is 2.00 bits per heavy atom. The van der Waals surface area contributed by atoms with Gasteiger partial charge in [0, 0.05) is 38.2 Å². The van der Waals surface area contributed by atoms with E-state index in [-0.39, 0.29) is 0 Å². The number of furan rings is 2. The zero-order chi connectivity index (χ0) is 31.2. The first-order chi connectivity index (χ1) is 22.6. The highest BCUT2D eigenvalue weighted by Gasteiger charge is 2.20. The molecule has 0 bridgehead atoms. The lowest BCUT2D eigenvalue weighted by Gasteiger charge is -2.11. The number of hydrogen-bond acceptors (Lipinski definition) is 5. The molecule has 0 amide bonds. The predicted octanol–water partition coefficient (Wildman–Crippen LogP) is 11.2. The van der Waals surface area contributed by atoms with Gasteiger partial charge >= 0.3 is 0 Å². The molecule has 5 heteroatoms. The Hall–Kier alpha value is -6.07. The molecule has 0 saturated heterocycles. The van der Waals surface area contributed by atoms with Gasteiger partial charge in [-0.25, -0.2) is 15.0 Å². The Morgan fingerprint density at radius 2 is 1.24 bits per heavy atom. The van der Waals surface area contributed by atoms with Crippen molar-refractivity contribution in [1.29, 1.82) is 0 Å². The number of benzene rings is 5. The van der Waals surface area contributed by atoms with Gasteiger partial charge in [0.1, 0.15) is 22.3 Å². The Labute approximate surface area is 265 Å². The van der Waals surface area contributed by atoms with E-state index < -0.39 is 0 Å². The maximum atomic E-state index is 6.44. The van der Waals surface area contributed by atoms with Crippen molar-refractivity contribution in [2.45, 2.75) is 13.8 Å². The lowest BCUT2D eigenvalue weighted by atomic mass is 9.96. The van der Waals surface area contributed by atoms with E-state index >= 15 is 0 Å². The molecule has 46 heavy (non-hydrogen) atoms. The summed E-state index contributed by atoms with van der Waals surface area (Å²) in [5.41, 5.74) is 8.85. The number of aromatic nitrogens is 3. The van der Waals surface area contributed by atoms with Gasteiger partial charge in [0.2, 0.25) is 0 Å². The summed E-state index contributed by atoms with van der Waals surface area (Å²) in [4.78, 5) is 15.3. The van der Waals surface area contributed by atoms with Gasteiger partial charge in [0.15, 0.2) is 17.5 Å². The van der Waals surface area contributed by atoms with Crippen LogP contribution in [0.25, 0.3) is 83.6 Å². The first-order valence-electron chi connectivity index (χ1n) is 15.2. The molecule has 0 unspecified atom stereocenters. The summed E-state index contributed by atoms with van der Waals surface area (Å²) in [5, 5.41) is 4.03. The molecular weight excluding hydrogens is 566 g/mol. The maximum absolute atomic E-state index is 6.44. The van der Waals surface area contributed by atoms with Crippen molar-refractivity contribution in [2.75, 3.05) is 0 Å². The van der Waals surface area contributed by atoms with Crippen LogP contribution in [-0.2, 0) is 0 Å². The van der Waals surface area contributed by atoms with Crippen molar-refractivity contribution in [3.63, 3.8) is 0 Å². The summed E-state index contributed by atoms with van der Waals surface area (Å²) in [6.07, 6.45) is 6.19. The van der Waals surface area contributed by atoms with Crippen LogP contribution in [-0.4, -0.2) is 15.0 Å². The molecule has 3 heterocycles. The second kappa shape index (κ2) is 11.1. The summed E-state index contributed by atoms with van der Waals surface area (Å²) >= 11 is 0. The lowest BCUT2D eigenvalue weighted by molar-refractivity contribution is 0.668. The summed E-state index contributed by atoms with van der Waals surface area (Å²) in [6.45, 7) is 8.14. The molecule has 0 fully saturated rings. The third-order valence-corrected chi connectivity index (χ3v) is 8.10. The van der Waals surface area contributed by atoms with Crippen LogP contribution in [0.15, 0.2) is 148 Å². The Balaban J connectivity index is 1.43. The second-order valence-corrected chi connectivity index (χ2v) is 11.4. The number of hydrogen-bond donors (Lipinski definition) is 0. The summed E-state index contributed by atoms with van der Waals surface area (Å²) in [7, 11) is 0. The quantitative estimate of drug-likeness (QED) is 0.179. The summed E-state index contributed by atoms with van der Waals surface area (Å²) in [6, 6.07) is 36.5. The first-order valence-corrected chi connectivity index (χ1v) is 15.2. The molecule has 5 aromatic carbocycles. The molecule has 0 spiro atoms. The fraction of sp³-hybridized carbons (Fsp3) is 0.0488. The maximum Gasteiger partial charge on any atom is 0.164 e. The van der Waals surface area contributed by atoms with E-state index in [9.17, 15) is 0 Å². The smallest absolute Gasteiger partial charge is 0.164 e. The van der Waals surface area contributed by atoms with Gasteiger partial charge in [-0.15, -0.1) is 0 Å². The van der Waals surface area contributed by atoms with E-state index in [0.717, 1.165) is 77.3 Å². The number of para-hydroxylation sites is 2. The Morgan fingerprint density at radius 1 is 0.609 bits per heavy atom. The van der Waals surface area contributed by atoms with Gasteiger partial charge in [-0.05, 0) is 67.4 Å². The standard InChI is InChI=1S/C41H29N3O2/c1-4-12-27(21-25(2)3)29-23-33(38-31-16-9-11-18-35(31)46-37(38)24-29)41-43-39(26-13-6-5-7-14-26)42-40(44-41)28-19-20-36-32(22-28)30-15-8-10-17-34(30)45-36/h4-24H,2H2,1,3H3/b12-4-,27-21+. The highest BCUT2D eigenvalue weighted by Crippen LogP contribution is 2.39. The summed E-state index contributed by atoms with van der Waals surface area (Å²) in [5.74, 6) is 1.73. The van der Waals surface area contributed by atoms with E-state index in [4.69, 9.17) is 23.8 Å². The molecule has 0 saturated carbocycles. The van der Waals surface area contributed by atoms with Crippen molar-refractivity contribution in [2.24, 2.45) is 0 Å². The van der Waals surface area contributed by atoms with Crippen LogP contribution in [0.1, 0.15) is 19.4 Å². The average molecular weight is 596 g/mol. The fourth-order valence-electron chi connectivity index (χ4n) is 6.08. The van der Waals surface area contributed by atoms with E-state index in [1.807, 2.05) is 98.8 Å². The van der Waals surface area contributed by atoms with Crippen LogP contribution in [0, 0.1) is 0 Å².